The van der Waals surface area contributed by atoms with Crippen LogP contribution in [0.4, 0.5) is 23.4 Å². The van der Waals surface area contributed by atoms with Gasteiger partial charge < -0.3 is 10.6 Å². The minimum Gasteiger partial charge on any atom is -0.339 e. The van der Waals surface area contributed by atoms with Gasteiger partial charge in [0.25, 0.3) is 11.8 Å². The summed E-state index contributed by atoms with van der Waals surface area (Å²) in [6.45, 7) is 2.33. The van der Waals surface area contributed by atoms with Crippen LogP contribution in [0.3, 0.4) is 0 Å². The van der Waals surface area contributed by atoms with Gasteiger partial charge in [-0.3, -0.25) is 14.5 Å². The Hall–Kier alpha value is -4.51. The van der Waals surface area contributed by atoms with Crippen LogP contribution in [-0.2, 0) is 17.5 Å². The van der Waals surface area contributed by atoms with Gasteiger partial charge in [-0.15, -0.1) is 0 Å². The van der Waals surface area contributed by atoms with Gasteiger partial charge in [0.1, 0.15) is 17.7 Å². The zero-order valence-electron chi connectivity index (χ0n) is 22.2. The maximum Gasteiger partial charge on any atom is 0.416 e. The minimum atomic E-state index is -4.64. The fourth-order valence-electron chi connectivity index (χ4n) is 5.21. The second-order valence-corrected chi connectivity index (χ2v) is 9.60. The Balaban J connectivity index is 1.68. The van der Waals surface area contributed by atoms with Crippen molar-refractivity contribution in [3.63, 3.8) is 0 Å². The number of aromatic nitrogens is 2. The number of carbonyl (C=O) groups excluding carboxylic acids is 2. The molecule has 0 saturated carbocycles. The van der Waals surface area contributed by atoms with E-state index >= 15 is 0 Å². The number of carbonyl (C=O) groups is 2. The zero-order chi connectivity index (χ0) is 29.3. The average Bonchev–Trinajstić information content (AvgIpc) is 3.33. The number of alkyl halides is 3. The van der Waals surface area contributed by atoms with Crippen molar-refractivity contribution in [2.75, 3.05) is 18.5 Å². The number of halogens is 4. The number of hydrogen-bond acceptors (Lipinski definition) is 4. The van der Waals surface area contributed by atoms with Gasteiger partial charge in [-0.25, -0.2) is 9.07 Å². The summed E-state index contributed by atoms with van der Waals surface area (Å²) >= 11 is 0. The lowest BCUT2D eigenvalue weighted by Crippen LogP contribution is -2.55. The summed E-state index contributed by atoms with van der Waals surface area (Å²) in [5.74, 6) is -2.09. The number of likely N-dealkylation sites (N-methyl/N-ethyl adjacent to an activating group) is 1. The smallest absolute Gasteiger partial charge is 0.339 e. The fraction of sp³-hybridized carbons (Fsp3) is 0.233. The number of hydrogen-bond donors (Lipinski definition) is 2. The molecule has 1 aliphatic rings. The summed E-state index contributed by atoms with van der Waals surface area (Å²) in [6, 6.07) is 17.6. The molecule has 2 atom stereocenters. The largest absolute Gasteiger partial charge is 0.416 e. The van der Waals surface area contributed by atoms with Crippen molar-refractivity contribution in [1.29, 1.82) is 0 Å². The van der Waals surface area contributed by atoms with Crippen LogP contribution in [0.15, 0.2) is 78.9 Å². The molecule has 0 fully saturated rings. The molecule has 2 heterocycles. The summed E-state index contributed by atoms with van der Waals surface area (Å²) < 4.78 is 55.7. The number of nitrogens with one attached hydrogen (secondary N) is 2. The monoisotopic (exact) mass is 565 g/mol. The summed E-state index contributed by atoms with van der Waals surface area (Å²) in [7, 11) is 1.75. The first-order valence-electron chi connectivity index (χ1n) is 13.0. The number of anilines is 1. The third-order valence-corrected chi connectivity index (χ3v) is 7.03. The van der Waals surface area contributed by atoms with Gasteiger partial charge in [0, 0.05) is 30.1 Å². The molecule has 2 N–H and O–H groups in total. The Bertz CT molecular complexity index is 1570. The predicted molar refractivity (Wildman–Crippen MR) is 145 cm³/mol. The lowest BCUT2D eigenvalue weighted by atomic mass is 9.80. The van der Waals surface area contributed by atoms with Crippen molar-refractivity contribution in [2.24, 2.45) is 0 Å². The van der Waals surface area contributed by atoms with Crippen molar-refractivity contribution in [1.82, 2.24) is 20.4 Å². The molecule has 11 heteroatoms. The maximum atomic E-state index is 14.1. The van der Waals surface area contributed by atoms with E-state index in [4.69, 9.17) is 5.10 Å². The van der Waals surface area contributed by atoms with Crippen LogP contribution >= 0.6 is 0 Å². The number of amides is 2. The molecule has 0 saturated heterocycles. The predicted octanol–water partition coefficient (Wildman–Crippen LogP) is 5.05. The summed E-state index contributed by atoms with van der Waals surface area (Å²) in [4.78, 5) is 29.0. The van der Waals surface area contributed by atoms with Crippen molar-refractivity contribution in [3.8, 4) is 5.69 Å². The number of nitrogens with zero attached hydrogens (tertiary/aromatic N) is 3. The third kappa shape index (κ3) is 5.32. The van der Waals surface area contributed by atoms with Crippen LogP contribution in [0.2, 0.25) is 0 Å². The quantitative estimate of drug-likeness (QED) is 0.308. The second kappa shape index (κ2) is 11.2. The Morgan fingerprint density at radius 1 is 1.00 bits per heavy atom. The number of fused-ring (bicyclic) bond motifs is 1. The van der Waals surface area contributed by atoms with E-state index in [-0.39, 0.29) is 12.1 Å². The van der Waals surface area contributed by atoms with Crippen LogP contribution in [0, 0.1) is 5.82 Å². The Morgan fingerprint density at radius 2 is 1.71 bits per heavy atom. The van der Waals surface area contributed by atoms with E-state index in [1.165, 1.54) is 35.2 Å². The van der Waals surface area contributed by atoms with E-state index in [0.717, 1.165) is 18.2 Å². The van der Waals surface area contributed by atoms with Crippen molar-refractivity contribution >= 4 is 17.6 Å². The van der Waals surface area contributed by atoms with E-state index in [2.05, 4.69) is 10.6 Å². The molecular weight excluding hydrogens is 538 g/mol. The molecular formula is C30H27F4N5O2. The van der Waals surface area contributed by atoms with Gasteiger partial charge >= 0.3 is 6.18 Å². The molecule has 3 aromatic carbocycles. The summed E-state index contributed by atoms with van der Waals surface area (Å²) in [6.07, 6.45) is -4.64. The molecule has 1 aromatic heterocycles. The van der Waals surface area contributed by atoms with Crippen LogP contribution in [0.5, 0.6) is 0 Å². The Kier molecular flexibility index (Phi) is 7.63. The lowest BCUT2D eigenvalue weighted by Gasteiger charge is -2.38. The molecule has 0 unspecified atom stereocenters. The molecule has 0 spiro atoms. The minimum absolute atomic E-state index is 0.232. The van der Waals surface area contributed by atoms with Gasteiger partial charge in [-0.05, 0) is 62.0 Å². The highest BCUT2D eigenvalue weighted by molar-refractivity contribution is 6.05. The Labute approximate surface area is 233 Å². The normalized spacial score (nSPS) is 16.9. The average molecular weight is 566 g/mol. The third-order valence-electron chi connectivity index (χ3n) is 7.03. The molecule has 2 amide bonds. The molecule has 1 aliphatic heterocycles. The van der Waals surface area contributed by atoms with Gasteiger partial charge in [-0.2, -0.15) is 18.3 Å². The first-order chi connectivity index (χ1) is 19.6. The number of rotatable bonds is 7. The van der Waals surface area contributed by atoms with Crippen molar-refractivity contribution in [3.05, 3.63) is 113 Å². The molecule has 41 heavy (non-hydrogen) atoms. The molecule has 0 bridgehead atoms. The molecule has 0 aliphatic carbocycles. The molecule has 5 rings (SSSR count). The first kappa shape index (κ1) is 28.0. The highest BCUT2D eigenvalue weighted by atomic mass is 19.4. The standard InChI is InChI=1S/C30H27F4N5O2/c1-3-38-28-25(23(17-35-2)37-39(28)22-10-5-4-6-11-22)24(18-12-14-21(31)15-13-18)26(29(38)41)36-27(40)19-8-7-9-20(16-19)30(32,33)34/h4-16,24,26,35H,3,17H2,1-2H3,(H,36,40)/t24-,26-/m1/s1. The molecule has 212 valence electrons. The topological polar surface area (TPSA) is 79.3 Å². The highest BCUT2D eigenvalue weighted by Gasteiger charge is 2.46. The summed E-state index contributed by atoms with van der Waals surface area (Å²) in [5, 5.41) is 10.6. The Morgan fingerprint density at radius 3 is 2.34 bits per heavy atom. The van der Waals surface area contributed by atoms with E-state index in [1.54, 1.807) is 18.7 Å². The number of benzene rings is 3. The fourth-order valence-corrected chi connectivity index (χ4v) is 5.21. The van der Waals surface area contributed by atoms with Gasteiger partial charge in [0.15, 0.2) is 0 Å². The SMILES string of the molecule is CCN1C(=O)[C@H](NC(=O)c2cccc(C(F)(F)F)c2)[C@H](c2ccc(F)cc2)c2c(CNC)nn(-c3ccccc3)c21. The van der Waals surface area contributed by atoms with Crippen molar-refractivity contribution < 1.29 is 27.2 Å². The summed E-state index contributed by atoms with van der Waals surface area (Å²) in [5.41, 5.74) is 1.27. The van der Waals surface area contributed by atoms with Crippen LogP contribution < -0.4 is 15.5 Å². The van der Waals surface area contributed by atoms with Crippen LogP contribution in [-0.4, -0.2) is 41.2 Å². The second-order valence-electron chi connectivity index (χ2n) is 9.60. The zero-order valence-corrected chi connectivity index (χ0v) is 22.2. The van der Waals surface area contributed by atoms with Crippen LogP contribution in [0.25, 0.3) is 5.69 Å². The molecule has 7 nitrogen and oxygen atoms in total. The van der Waals surface area contributed by atoms with Gasteiger partial charge in [-0.1, -0.05) is 36.4 Å². The first-order valence-corrected chi connectivity index (χ1v) is 13.0. The van der Waals surface area contributed by atoms with Gasteiger partial charge in [0.05, 0.1) is 16.9 Å². The van der Waals surface area contributed by atoms with Crippen LogP contribution in [0.1, 0.15) is 45.6 Å². The van der Waals surface area contributed by atoms with E-state index < -0.39 is 41.3 Å². The van der Waals surface area contributed by atoms with E-state index in [1.807, 2.05) is 30.3 Å². The van der Waals surface area contributed by atoms with E-state index in [0.29, 0.717) is 34.9 Å². The maximum absolute atomic E-state index is 14.1. The molecule has 4 aromatic rings. The lowest BCUT2D eigenvalue weighted by molar-refractivity contribution is -0.137. The highest BCUT2D eigenvalue weighted by Crippen LogP contribution is 2.43. The molecule has 0 radical (unpaired) electrons. The van der Waals surface area contributed by atoms with E-state index in [9.17, 15) is 27.2 Å². The van der Waals surface area contributed by atoms with Crippen molar-refractivity contribution in [2.45, 2.75) is 31.6 Å². The van der Waals surface area contributed by atoms with Gasteiger partial charge in [0.2, 0.25) is 0 Å². The number of para-hydroxylation sites is 1.